The van der Waals surface area contributed by atoms with Gasteiger partial charge in [-0.15, -0.1) is 0 Å². The minimum absolute atomic E-state index is 0.0115. The molecule has 2 N–H and O–H groups in total. The Morgan fingerprint density at radius 2 is 1.76 bits per heavy atom. The Morgan fingerprint density at radius 1 is 1.14 bits per heavy atom. The lowest BCUT2D eigenvalue weighted by Gasteiger charge is -2.15. The van der Waals surface area contributed by atoms with Crippen molar-refractivity contribution >= 4 is 10.0 Å². The van der Waals surface area contributed by atoms with E-state index in [2.05, 4.69) is 10.0 Å². The number of rotatable bonds is 9. The van der Waals surface area contributed by atoms with Crippen LogP contribution in [0.2, 0.25) is 0 Å². The third-order valence-corrected chi connectivity index (χ3v) is 5.50. The Kier molecular flexibility index (Phi) is 5.79. The first-order chi connectivity index (χ1) is 10.0. The molecule has 1 fully saturated rings. The highest BCUT2D eigenvalue weighted by Gasteiger charge is 2.20. The van der Waals surface area contributed by atoms with Crippen LogP contribution >= 0.6 is 0 Å². The van der Waals surface area contributed by atoms with Crippen molar-refractivity contribution in [1.29, 1.82) is 0 Å². The number of hydrogen-bond acceptors (Lipinski definition) is 3. The third kappa shape index (κ3) is 5.09. The molecule has 0 bridgehead atoms. The Morgan fingerprint density at radius 3 is 2.29 bits per heavy atom. The first-order valence-electron chi connectivity index (χ1n) is 7.89. The summed E-state index contributed by atoms with van der Waals surface area (Å²) in [6.07, 6.45) is 5.13. The largest absolute Gasteiger partial charge is 0.314 e. The lowest BCUT2D eigenvalue weighted by molar-refractivity contribution is 0.530. The van der Waals surface area contributed by atoms with Crippen molar-refractivity contribution in [3.8, 4) is 0 Å². The van der Waals surface area contributed by atoms with Gasteiger partial charge in [-0.05, 0) is 56.3 Å². The maximum absolute atomic E-state index is 12.3. The lowest BCUT2D eigenvalue weighted by Crippen LogP contribution is -2.33. The monoisotopic (exact) mass is 310 g/mol. The molecule has 1 saturated carbocycles. The van der Waals surface area contributed by atoms with E-state index in [0.717, 1.165) is 25.8 Å². The zero-order chi connectivity index (χ0) is 15.3. The van der Waals surface area contributed by atoms with Gasteiger partial charge >= 0.3 is 0 Å². The van der Waals surface area contributed by atoms with E-state index < -0.39 is 10.0 Å². The fraction of sp³-hybridized carbons (Fsp3) is 0.625. The van der Waals surface area contributed by atoms with Gasteiger partial charge in [0.2, 0.25) is 10.0 Å². The Balaban J connectivity index is 1.92. The zero-order valence-electron chi connectivity index (χ0n) is 12.9. The van der Waals surface area contributed by atoms with Gasteiger partial charge in [0, 0.05) is 12.1 Å². The van der Waals surface area contributed by atoms with Gasteiger partial charge in [-0.1, -0.05) is 26.0 Å². The van der Waals surface area contributed by atoms with Crippen LogP contribution in [0, 0.1) is 0 Å². The summed E-state index contributed by atoms with van der Waals surface area (Å²) in [4.78, 5) is 0.355. The second-order valence-corrected chi connectivity index (χ2v) is 7.47. The normalized spacial score (nSPS) is 15.6. The number of hydrogen-bond donors (Lipinski definition) is 2. The molecule has 0 aliphatic heterocycles. The molecule has 0 atom stereocenters. The first kappa shape index (κ1) is 16.5. The van der Waals surface area contributed by atoms with Crippen LogP contribution in [0.1, 0.15) is 45.1 Å². The highest BCUT2D eigenvalue weighted by Crippen LogP contribution is 2.18. The summed E-state index contributed by atoms with van der Waals surface area (Å²) in [7, 11) is -3.39. The molecule has 4 nitrogen and oxygen atoms in total. The van der Waals surface area contributed by atoms with Gasteiger partial charge in [0.05, 0.1) is 4.90 Å². The molecular weight excluding hydrogens is 284 g/mol. The van der Waals surface area contributed by atoms with Crippen LogP contribution in [0.5, 0.6) is 0 Å². The average molecular weight is 310 g/mol. The van der Waals surface area contributed by atoms with Gasteiger partial charge in [0.25, 0.3) is 0 Å². The quantitative estimate of drug-likeness (QED) is 0.736. The van der Waals surface area contributed by atoms with E-state index in [1.165, 1.54) is 18.4 Å². The van der Waals surface area contributed by atoms with Crippen LogP contribution < -0.4 is 10.0 Å². The summed E-state index contributed by atoms with van der Waals surface area (Å²) < 4.78 is 27.3. The van der Waals surface area contributed by atoms with E-state index in [4.69, 9.17) is 0 Å². The predicted molar refractivity (Wildman–Crippen MR) is 85.9 cm³/mol. The van der Waals surface area contributed by atoms with Crippen LogP contribution in [0.4, 0.5) is 0 Å². The van der Waals surface area contributed by atoms with Crippen LogP contribution in [0.25, 0.3) is 0 Å². The maximum atomic E-state index is 12.3. The highest BCUT2D eigenvalue weighted by atomic mass is 32.2. The molecule has 0 aromatic heterocycles. The molecule has 0 unspecified atom stereocenters. The number of sulfonamides is 1. The fourth-order valence-electron chi connectivity index (χ4n) is 2.29. The fourth-order valence-corrected chi connectivity index (χ4v) is 3.69. The molecule has 0 radical (unpaired) electrons. The van der Waals surface area contributed by atoms with Crippen molar-refractivity contribution in [3.63, 3.8) is 0 Å². The van der Waals surface area contributed by atoms with E-state index in [0.29, 0.717) is 10.9 Å². The van der Waals surface area contributed by atoms with E-state index in [-0.39, 0.29) is 6.04 Å². The summed E-state index contributed by atoms with van der Waals surface area (Å²) in [5, 5.41) is 3.46. The minimum Gasteiger partial charge on any atom is -0.314 e. The molecule has 5 heteroatoms. The SMILES string of the molecule is CCC(CC)NS(=O)(=O)c1ccc(CCNC2CC2)cc1. The van der Waals surface area contributed by atoms with E-state index in [9.17, 15) is 8.42 Å². The number of nitrogens with one attached hydrogen (secondary N) is 2. The molecule has 1 aliphatic carbocycles. The van der Waals surface area contributed by atoms with Gasteiger partial charge in [0.15, 0.2) is 0 Å². The molecular formula is C16H26N2O2S. The highest BCUT2D eigenvalue weighted by molar-refractivity contribution is 7.89. The molecule has 118 valence electrons. The van der Waals surface area contributed by atoms with Gasteiger partial charge in [0.1, 0.15) is 0 Å². The Hall–Kier alpha value is -0.910. The molecule has 0 spiro atoms. The Labute approximate surface area is 128 Å². The van der Waals surface area contributed by atoms with Gasteiger partial charge in [-0.3, -0.25) is 0 Å². The van der Waals surface area contributed by atoms with Gasteiger partial charge in [-0.2, -0.15) is 0 Å². The first-order valence-corrected chi connectivity index (χ1v) is 9.38. The van der Waals surface area contributed by atoms with Crippen LogP contribution in [-0.2, 0) is 16.4 Å². The standard InChI is InChI=1S/C16H26N2O2S/c1-3-14(4-2)18-21(19,20)16-9-5-13(6-10-16)11-12-17-15-7-8-15/h5-6,9-10,14-15,17-18H,3-4,7-8,11-12H2,1-2H3. The second-order valence-electron chi connectivity index (χ2n) is 5.76. The molecule has 1 aliphatic rings. The van der Waals surface area contributed by atoms with Crippen molar-refractivity contribution in [2.45, 2.75) is 62.9 Å². The van der Waals surface area contributed by atoms with Gasteiger partial charge < -0.3 is 5.32 Å². The van der Waals surface area contributed by atoms with Crippen LogP contribution in [0.3, 0.4) is 0 Å². The average Bonchev–Trinajstić information content (AvgIpc) is 3.29. The van der Waals surface area contributed by atoms with Crippen LogP contribution in [0.15, 0.2) is 29.2 Å². The maximum Gasteiger partial charge on any atom is 0.240 e. The summed E-state index contributed by atoms with van der Waals surface area (Å²) in [5.74, 6) is 0. The van der Waals surface area contributed by atoms with Crippen molar-refractivity contribution in [2.75, 3.05) is 6.54 Å². The van der Waals surface area contributed by atoms with Crippen molar-refractivity contribution in [3.05, 3.63) is 29.8 Å². The van der Waals surface area contributed by atoms with Crippen molar-refractivity contribution in [1.82, 2.24) is 10.0 Å². The molecule has 21 heavy (non-hydrogen) atoms. The topological polar surface area (TPSA) is 58.2 Å². The van der Waals surface area contributed by atoms with E-state index >= 15 is 0 Å². The molecule has 0 amide bonds. The lowest BCUT2D eigenvalue weighted by atomic mass is 10.1. The summed E-state index contributed by atoms with van der Waals surface area (Å²) in [5.41, 5.74) is 1.17. The summed E-state index contributed by atoms with van der Waals surface area (Å²) in [6, 6.07) is 7.96. The zero-order valence-corrected chi connectivity index (χ0v) is 13.7. The van der Waals surface area contributed by atoms with Crippen molar-refractivity contribution in [2.24, 2.45) is 0 Å². The molecule has 2 rings (SSSR count). The number of benzene rings is 1. The Bertz CT molecular complexity index is 532. The molecule has 1 aromatic rings. The van der Waals surface area contributed by atoms with Gasteiger partial charge in [-0.25, -0.2) is 13.1 Å². The third-order valence-electron chi connectivity index (χ3n) is 3.97. The smallest absolute Gasteiger partial charge is 0.240 e. The second kappa shape index (κ2) is 7.38. The minimum atomic E-state index is -3.39. The summed E-state index contributed by atoms with van der Waals surface area (Å²) in [6.45, 7) is 4.95. The van der Waals surface area contributed by atoms with Crippen LogP contribution in [-0.4, -0.2) is 27.0 Å². The molecule has 0 heterocycles. The summed E-state index contributed by atoms with van der Waals surface area (Å²) >= 11 is 0. The van der Waals surface area contributed by atoms with Crippen molar-refractivity contribution < 1.29 is 8.42 Å². The predicted octanol–water partition coefficient (Wildman–Crippen LogP) is 2.45. The molecule has 1 aromatic carbocycles. The molecule has 0 saturated heterocycles. The van der Waals surface area contributed by atoms with E-state index in [1.807, 2.05) is 26.0 Å². The van der Waals surface area contributed by atoms with E-state index in [1.54, 1.807) is 12.1 Å².